The van der Waals surface area contributed by atoms with Crippen LogP contribution in [0.2, 0.25) is 0 Å². The van der Waals surface area contributed by atoms with Crippen LogP contribution in [0.5, 0.6) is 5.75 Å². The molecule has 2 aromatic heterocycles. The fourth-order valence-corrected chi connectivity index (χ4v) is 6.29. The number of hydrogen-bond acceptors (Lipinski definition) is 6. The highest BCUT2D eigenvalue weighted by Crippen LogP contribution is 2.68. The van der Waals surface area contributed by atoms with Crippen molar-refractivity contribution in [2.45, 2.75) is 68.7 Å². The second-order valence-electron chi connectivity index (χ2n) is 10.9. The van der Waals surface area contributed by atoms with E-state index >= 15 is 0 Å². The first kappa shape index (κ1) is 26.0. The summed E-state index contributed by atoms with van der Waals surface area (Å²) in [4.78, 5) is 10.8. The molecule has 2 bridgehead atoms. The molecule has 1 aliphatic heterocycles. The van der Waals surface area contributed by atoms with E-state index < -0.39 is 18.0 Å². The number of nitrogens with zero attached hydrogens (tertiary/aromatic N) is 4. The minimum atomic E-state index is -4.91. The molecule has 1 aromatic carbocycles. The largest absolute Gasteiger partial charge is 0.573 e. The Labute approximate surface area is 221 Å². The third-order valence-electron chi connectivity index (χ3n) is 8.18. The van der Waals surface area contributed by atoms with Gasteiger partial charge in [-0.1, -0.05) is 30.3 Å². The summed E-state index contributed by atoms with van der Waals surface area (Å²) >= 11 is 0. The molecule has 0 spiro atoms. The van der Waals surface area contributed by atoms with Crippen molar-refractivity contribution in [3.63, 3.8) is 0 Å². The number of piperidine rings is 1. The predicted octanol–water partition coefficient (Wildman–Crippen LogP) is 5.51. The summed E-state index contributed by atoms with van der Waals surface area (Å²) in [5.74, 6) is -2.94. The van der Waals surface area contributed by atoms with Crippen LogP contribution in [0.1, 0.15) is 43.5 Å². The van der Waals surface area contributed by atoms with Crippen LogP contribution in [0.4, 0.5) is 27.8 Å². The summed E-state index contributed by atoms with van der Waals surface area (Å²) in [5.41, 5.74) is 7.03. The second-order valence-corrected chi connectivity index (χ2v) is 10.9. The zero-order chi connectivity index (χ0) is 27.5. The van der Waals surface area contributed by atoms with Crippen molar-refractivity contribution in [3.8, 4) is 17.0 Å². The number of aromatic nitrogens is 3. The summed E-state index contributed by atoms with van der Waals surface area (Å²) in [5, 5.41) is 0. The van der Waals surface area contributed by atoms with E-state index in [0.29, 0.717) is 36.8 Å². The maximum Gasteiger partial charge on any atom is 0.573 e. The molecule has 3 heterocycles. The number of pyridine rings is 1. The van der Waals surface area contributed by atoms with Crippen LogP contribution in [0.15, 0.2) is 48.8 Å². The molecule has 2 N–H and O–H groups in total. The van der Waals surface area contributed by atoms with Crippen LogP contribution in [-0.4, -0.2) is 50.3 Å². The number of halogens is 5. The maximum atomic E-state index is 13.7. The minimum absolute atomic E-state index is 0.0838. The molecule has 0 atom stereocenters. The van der Waals surface area contributed by atoms with Gasteiger partial charge in [-0.05, 0) is 30.9 Å². The van der Waals surface area contributed by atoms with E-state index in [1.807, 2.05) is 34.9 Å². The lowest BCUT2D eigenvalue weighted by molar-refractivity contribution is -0.274. The molecule has 4 fully saturated rings. The number of imidazole rings is 1. The molecule has 3 aliphatic carbocycles. The highest BCUT2D eigenvalue weighted by atomic mass is 19.4. The lowest BCUT2D eigenvalue weighted by Crippen LogP contribution is -2.79. The zero-order valence-corrected chi connectivity index (χ0v) is 21.1. The first-order valence-corrected chi connectivity index (χ1v) is 12.8. The lowest BCUT2D eigenvalue weighted by atomic mass is 9.43. The van der Waals surface area contributed by atoms with E-state index in [4.69, 9.17) is 15.5 Å². The van der Waals surface area contributed by atoms with E-state index in [9.17, 15) is 22.0 Å². The van der Waals surface area contributed by atoms with Crippen molar-refractivity contribution in [2.24, 2.45) is 0 Å². The highest BCUT2D eigenvalue weighted by molar-refractivity contribution is 5.64. The molecule has 3 aromatic rings. The van der Waals surface area contributed by atoms with Crippen LogP contribution >= 0.6 is 0 Å². The van der Waals surface area contributed by atoms with Crippen molar-refractivity contribution in [2.75, 3.05) is 18.8 Å². The molecule has 3 saturated carbocycles. The third-order valence-corrected chi connectivity index (χ3v) is 8.18. The number of nitrogen functional groups attached to an aromatic ring is 1. The van der Waals surface area contributed by atoms with Crippen molar-refractivity contribution in [1.29, 1.82) is 0 Å². The number of rotatable bonds is 8. The molecule has 0 radical (unpaired) electrons. The van der Waals surface area contributed by atoms with Gasteiger partial charge in [0.15, 0.2) is 11.6 Å². The molecular weight excluding hydrogens is 521 g/mol. The Kier molecular flexibility index (Phi) is 6.10. The first-order chi connectivity index (χ1) is 18.5. The number of alkyl halides is 5. The fourth-order valence-electron chi connectivity index (χ4n) is 6.29. The molecule has 4 aliphatic rings. The fraction of sp³-hybridized carbons (Fsp3) is 0.481. The van der Waals surface area contributed by atoms with Crippen LogP contribution in [0.25, 0.3) is 11.3 Å². The van der Waals surface area contributed by atoms with E-state index in [1.54, 1.807) is 6.20 Å². The Balaban J connectivity index is 1.24. The molecule has 7 nitrogen and oxygen atoms in total. The number of likely N-dealkylation sites (tertiary alicyclic amines) is 1. The van der Waals surface area contributed by atoms with Gasteiger partial charge in [0.2, 0.25) is 0 Å². The van der Waals surface area contributed by atoms with Gasteiger partial charge in [0, 0.05) is 49.4 Å². The molecule has 0 amide bonds. The van der Waals surface area contributed by atoms with Gasteiger partial charge in [0.05, 0.1) is 17.8 Å². The topological polar surface area (TPSA) is 78.4 Å². The summed E-state index contributed by atoms with van der Waals surface area (Å²) in [6, 6.07) is 10.8. The highest BCUT2D eigenvalue weighted by Gasteiger charge is 2.71. The standard InChI is InChI=1S/C27H28F5N5O2/c28-26(29)6-8-36(9-7-26)24-15-25(16-24,17-24)37-12-20(19-10-21(23(33)34-11-19)39-27(30,31)32)35-22(37)14-38-13-18-4-2-1-3-5-18/h1-5,10-12H,6-9,13-17H2,(H2,33,34). The lowest BCUT2D eigenvalue weighted by Gasteiger charge is -2.74. The van der Waals surface area contributed by atoms with E-state index in [0.717, 1.165) is 24.8 Å². The average molecular weight is 550 g/mol. The Bertz CT molecular complexity index is 1330. The third kappa shape index (κ3) is 4.95. The number of benzene rings is 1. The molecule has 7 rings (SSSR count). The van der Waals surface area contributed by atoms with Gasteiger partial charge < -0.3 is 19.8 Å². The Morgan fingerprint density at radius 2 is 1.67 bits per heavy atom. The molecule has 39 heavy (non-hydrogen) atoms. The number of hydrogen-bond donors (Lipinski definition) is 1. The number of ether oxygens (including phenoxy) is 2. The summed E-state index contributed by atoms with van der Waals surface area (Å²) in [6.45, 7) is 1.32. The molecule has 12 heteroatoms. The van der Waals surface area contributed by atoms with Crippen molar-refractivity contribution >= 4 is 5.82 Å². The number of nitrogens with two attached hydrogens (primary N) is 1. The van der Waals surface area contributed by atoms with Crippen LogP contribution in [0, 0.1) is 0 Å². The van der Waals surface area contributed by atoms with Gasteiger partial charge in [-0.3, -0.25) is 4.90 Å². The predicted molar refractivity (Wildman–Crippen MR) is 132 cm³/mol. The molecule has 0 unspecified atom stereocenters. The molecular formula is C27H28F5N5O2. The quantitative estimate of drug-likeness (QED) is 0.374. The van der Waals surface area contributed by atoms with E-state index in [1.165, 1.54) is 12.3 Å². The van der Waals surface area contributed by atoms with Gasteiger partial charge in [-0.15, -0.1) is 13.2 Å². The average Bonchev–Trinajstić information content (AvgIpc) is 3.23. The SMILES string of the molecule is Nc1ncc(-c2cn(C34CC(N5CCC(F)(F)CC5)(C3)C4)c(COCc3ccccc3)n2)cc1OC(F)(F)F. The van der Waals surface area contributed by atoms with E-state index in [-0.39, 0.29) is 36.3 Å². The van der Waals surface area contributed by atoms with Crippen LogP contribution in [0.3, 0.4) is 0 Å². The molecule has 208 valence electrons. The normalized spacial score (nSPS) is 26.1. The molecule has 1 saturated heterocycles. The Morgan fingerprint density at radius 1 is 0.974 bits per heavy atom. The van der Waals surface area contributed by atoms with Crippen molar-refractivity contribution in [1.82, 2.24) is 19.4 Å². The summed E-state index contributed by atoms with van der Waals surface area (Å²) < 4.78 is 78.1. The maximum absolute atomic E-state index is 13.7. The number of anilines is 1. The van der Waals surface area contributed by atoms with Crippen LogP contribution in [-0.2, 0) is 23.5 Å². The van der Waals surface area contributed by atoms with Gasteiger partial charge in [-0.25, -0.2) is 18.7 Å². The van der Waals surface area contributed by atoms with Gasteiger partial charge in [-0.2, -0.15) is 0 Å². The monoisotopic (exact) mass is 549 g/mol. The Hall–Kier alpha value is -3.25. The minimum Gasteiger partial charge on any atom is -0.402 e. The van der Waals surface area contributed by atoms with E-state index in [2.05, 4.69) is 14.6 Å². The summed E-state index contributed by atoms with van der Waals surface area (Å²) in [7, 11) is 0. The van der Waals surface area contributed by atoms with Gasteiger partial charge in [0.25, 0.3) is 5.92 Å². The van der Waals surface area contributed by atoms with Gasteiger partial charge in [0.1, 0.15) is 12.4 Å². The summed E-state index contributed by atoms with van der Waals surface area (Å²) in [6.07, 6.45) is 0.406. The smallest absolute Gasteiger partial charge is 0.402 e. The second kappa shape index (κ2) is 9.16. The van der Waals surface area contributed by atoms with Crippen molar-refractivity contribution < 1.29 is 31.4 Å². The van der Waals surface area contributed by atoms with Gasteiger partial charge >= 0.3 is 6.36 Å². The first-order valence-electron chi connectivity index (χ1n) is 12.8. The zero-order valence-electron chi connectivity index (χ0n) is 21.1. The van der Waals surface area contributed by atoms with Crippen molar-refractivity contribution in [3.05, 3.63) is 60.2 Å². The van der Waals surface area contributed by atoms with Crippen LogP contribution < -0.4 is 10.5 Å². The Morgan fingerprint density at radius 3 is 2.33 bits per heavy atom.